The Morgan fingerprint density at radius 3 is 2.81 bits per heavy atom. The van der Waals surface area contributed by atoms with Crippen LogP contribution in [0.5, 0.6) is 5.75 Å². The molecule has 0 unspecified atom stereocenters. The quantitative estimate of drug-likeness (QED) is 0.769. The van der Waals surface area contributed by atoms with Gasteiger partial charge in [-0.1, -0.05) is 23.8 Å². The van der Waals surface area contributed by atoms with Gasteiger partial charge < -0.3 is 14.4 Å². The Morgan fingerprint density at radius 1 is 1.19 bits per heavy atom. The van der Waals surface area contributed by atoms with E-state index in [0.717, 1.165) is 44.6 Å². The van der Waals surface area contributed by atoms with Crippen LogP contribution in [0.4, 0.5) is 0 Å². The molecule has 4 rings (SSSR count). The van der Waals surface area contributed by atoms with E-state index >= 15 is 0 Å². The number of piperidine rings is 1. The number of para-hydroxylation sites is 1. The van der Waals surface area contributed by atoms with Gasteiger partial charge in [-0.2, -0.15) is 0 Å². The van der Waals surface area contributed by atoms with Crippen LogP contribution in [0.15, 0.2) is 41.3 Å². The number of thiophene rings is 1. The number of likely N-dealkylation sites (tertiary alicyclic amines) is 1. The molecule has 1 fully saturated rings. The van der Waals surface area contributed by atoms with Gasteiger partial charge in [0.05, 0.1) is 0 Å². The van der Waals surface area contributed by atoms with Gasteiger partial charge in [-0.25, -0.2) is 0 Å². The Labute approximate surface area is 159 Å². The molecule has 1 saturated heterocycles. The number of ether oxygens (including phenoxy) is 1. The van der Waals surface area contributed by atoms with Crippen LogP contribution >= 0.6 is 11.3 Å². The van der Waals surface area contributed by atoms with E-state index in [4.69, 9.17) is 4.74 Å². The second kappa shape index (κ2) is 7.77. The lowest BCUT2D eigenvalue weighted by atomic mass is 9.91. The van der Waals surface area contributed by atoms with Crippen LogP contribution in [0.25, 0.3) is 5.57 Å². The lowest BCUT2D eigenvalue weighted by Gasteiger charge is -2.30. The summed E-state index contributed by atoms with van der Waals surface area (Å²) >= 11 is 1.83. The lowest BCUT2D eigenvalue weighted by Crippen LogP contribution is -2.32. The molecule has 0 bridgehead atoms. The second-order valence-corrected chi connectivity index (χ2v) is 8.10. The van der Waals surface area contributed by atoms with Gasteiger partial charge in [-0.15, -0.1) is 11.3 Å². The maximum Gasteiger partial charge on any atom is 0.129 e. The number of rotatable bonds is 4. The van der Waals surface area contributed by atoms with E-state index in [2.05, 4.69) is 40.6 Å². The monoisotopic (exact) mass is 367 g/mol. The highest BCUT2D eigenvalue weighted by Crippen LogP contribution is 2.42. The maximum absolute atomic E-state index is 11.1. The summed E-state index contributed by atoms with van der Waals surface area (Å²) in [7, 11) is 0. The minimum absolute atomic E-state index is 0.296. The summed E-state index contributed by atoms with van der Waals surface area (Å²) in [4.78, 5) is 15.0. The van der Waals surface area contributed by atoms with Crippen LogP contribution in [0.2, 0.25) is 0 Å². The number of Topliss-reactive ketones (excluding diaryl/α,β-unsaturated/α-hetero) is 1. The molecular formula is C22H25NO2S. The molecular weight excluding hydrogens is 342 g/mol. The van der Waals surface area contributed by atoms with Gasteiger partial charge in [0.1, 0.15) is 18.1 Å². The standard InChI is InChI=1S/C22H25NO2S/c1-16(24)5-4-11-23-12-8-17(9-13-23)21-19-6-2-3-7-20(19)25-15-18-10-14-26-22(18)21/h2-3,6-7,10,14H,4-5,8-9,11-13,15H2,1H3. The van der Waals surface area contributed by atoms with Crippen molar-refractivity contribution in [3.05, 3.63) is 57.3 Å². The van der Waals surface area contributed by atoms with Gasteiger partial charge in [0.25, 0.3) is 0 Å². The molecule has 0 amide bonds. The van der Waals surface area contributed by atoms with Gasteiger partial charge in [0.2, 0.25) is 0 Å². The number of carbonyl (C=O) groups is 1. The van der Waals surface area contributed by atoms with Crippen molar-refractivity contribution >= 4 is 22.7 Å². The van der Waals surface area contributed by atoms with E-state index in [1.54, 1.807) is 12.5 Å². The zero-order valence-electron chi connectivity index (χ0n) is 15.3. The number of fused-ring (bicyclic) bond motifs is 2. The molecule has 136 valence electrons. The average Bonchev–Trinajstić information content (AvgIpc) is 3.04. The molecule has 0 saturated carbocycles. The molecule has 26 heavy (non-hydrogen) atoms. The third-order valence-electron chi connectivity index (χ3n) is 5.33. The third kappa shape index (κ3) is 3.62. The molecule has 2 aliphatic heterocycles. The van der Waals surface area contributed by atoms with E-state index in [1.165, 1.54) is 21.6 Å². The van der Waals surface area contributed by atoms with Gasteiger partial charge in [-0.05, 0) is 50.2 Å². The van der Waals surface area contributed by atoms with Gasteiger partial charge in [-0.3, -0.25) is 0 Å². The molecule has 3 nitrogen and oxygen atoms in total. The maximum atomic E-state index is 11.1. The summed E-state index contributed by atoms with van der Waals surface area (Å²) in [5.41, 5.74) is 5.51. The first-order valence-electron chi connectivity index (χ1n) is 9.45. The van der Waals surface area contributed by atoms with Crippen molar-refractivity contribution in [2.24, 2.45) is 0 Å². The van der Waals surface area contributed by atoms with Crippen molar-refractivity contribution in [3.8, 4) is 5.75 Å². The van der Waals surface area contributed by atoms with Gasteiger partial charge in [0.15, 0.2) is 0 Å². The number of ketones is 1. The summed E-state index contributed by atoms with van der Waals surface area (Å²) in [6.07, 6.45) is 3.88. The number of hydrogen-bond donors (Lipinski definition) is 0. The fourth-order valence-electron chi connectivity index (χ4n) is 3.94. The zero-order chi connectivity index (χ0) is 17.9. The first-order chi connectivity index (χ1) is 12.7. The molecule has 0 atom stereocenters. The molecule has 1 aromatic heterocycles. The highest BCUT2D eigenvalue weighted by atomic mass is 32.1. The Hall–Kier alpha value is -1.91. The van der Waals surface area contributed by atoms with E-state index in [9.17, 15) is 4.79 Å². The minimum Gasteiger partial charge on any atom is -0.488 e. The third-order valence-corrected chi connectivity index (χ3v) is 6.30. The van der Waals surface area contributed by atoms with Crippen LogP contribution < -0.4 is 4.74 Å². The molecule has 0 radical (unpaired) electrons. The summed E-state index contributed by atoms with van der Waals surface area (Å²) in [5.74, 6) is 1.30. The van der Waals surface area contributed by atoms with Crippen LogP contribution in [-0.2, 0) is 11.4 Å². The normalized spacial score (nSPS) is 17.3. The second-order valence-electron chi connectivity index (χ2n) is 7.19. The van der Waals surface area contributed by atoms with Crippen LogP contribution in [0.3, 0.4) is 0 Å². The number of hydrogen-bond acceptors (Lipinski definition) is 4. The Bertz CT molecular complexity index is 826. The number of nitrogens with zero attached hydrogens (tertiary/aromatic N) is 1. The summed E-state index contributed by atoms with van der Waals surface area (Å²) in [6, 6.07) is 10.6. The molecule has 0 N–H and O–H groups in total. The topological polar surface area (TPSA) is 29.5 Å². The Morgan fingerprint density at radius 2 is 2.00 bits per heavy atom. The molecule has 0 spiro atoms. The molecule has 2 aliphatic rings. The van der Waals surface area contributed by atoms with Crippen molar-refractivity contribution in [3.63, 3.8) is 0 Å². The zero-order valence-corrected chi connectivity index (χ0v) is 16.1. The van der Waals surface area contributed by atoms with Crippen molar-refractivity contribution in [2.75, 3.05) is 19.6 Å². The predicted molar refractivity (Wildman–Crippen MR) is 107 cm³/mol. The number of benzene rings is 1. The minimum atomic E-state index is 0.296. The SMILES string of the molecule is CC(=O)CCCN1CCC(=C2c3ccccc3OCc3ccsc32)CC1. The van der Waals surface area contributed by atoms with Crippen LogP contribution in [0.1, 0.15) is 48.6 Å². The van der Waals surface area contributed by atoms with Gasteiger partial charge in [0, 0.05) is 41.1 Å². The van der Waals surface area contributed by atoms with E-state index in [1.807, 2.05) is 11.3 Å². The van der Waals surface area contributed by atoms with Crippen molar-refractivity contribution < 1.29 is 9.53 Å². The Balaban J connectivity index is 1.59. The van der Waals surface area contributed by atoms with E-state index < -0.39 is 0 Å². The summed E-state index contributed by atoms with van der Waals surface area (Å²) < 4.78 is 6.08. The van der Waals surface area contributed by atoms with E-state index in [-0.39, 0.29) is 0 Å². The molecule has 3 heterocycles. The molecule has 0 aliphatic carbocycles. The average molecular weight is 368 g/mol. The van der Waals surface area contributed by atoms with Crippen LogP contribution in [0, 0.1) is 0 Å². The van der Waals surface area contributed by atoms with Crippen LogP contribution in [-0.4, -0.2) is 30.3 Å². The Kier molecular flexibility index (Phi) is 5.23. The predicted octanol–water partition coefficient (Wildman–Crippen LogP) is 4.91. The fraction of sp³-hybridized carbons (Fsp3) is 0.409. The molecule has 1 aromatic carbocycles. The first kappa shape index (κ1) is 17.5. The fourth-order valence-corrected chi connectivity index (χ4v) is 4.96. The molecule has 2 aromatic rings. The summed E-state index contributed by atoms with van der Waals surface area (Å²) in [6.45, 7) is 5.54. The van der Waals surface area contributed by atoms with Crippen molar-refractivity contribution in [1.29, 1.82) is 0 Å². The largest absolute Gasteiger partial charge is 0.488 e. The van der Waals surface area contributed by atoms with Gasteiger partial charge >= 0.3 is 0 Å². The highest BCUT2D eigenvalue weighted by Gasteiger charge is 2.25. The molecule has 4 heteroatoms. The number of carbonyl (C=O) groups excluding carboxylic acids is 1. The van der Waals surface area contributed by atoms with Crippen molar-refractivity contribution in [2.45, 2.75) is 39.2 Å². The smallest absolute Gasteiger partial charge is 0.129 e. The van der Waals surface area contributed by atoms with E-state index in [0.29, 0.717) is 18.8 Å². The summed E-state index contributed by atoms with van der Waals surface area (Å²) in [5, 5.41) is 2.18. The highest BCUT2D eigenvalue weighted by molar-refractivity contribution is 7.11. The first-order valence-corrected chi connectivity index (χ1v) is 10.3. The lowest BCUT2D eigenvalue weighted by molar-refractivity contribution is -0.117. The van der Waals surface area contributed by atoms with Crippen molar-refractivity contribution in [1.82, 2.24) is 4.90 Å².